The molecule has 6 atom stereocenters. The first-order valence-electron chi connectivity index (χ1n) is 37.7. The van der Waals surface area contributed by atoms with Crippen molar-refractivity contribution in [3.05, 3.63) is 0 Å². The third-order valence-corrected chi connectivity index (χ3v) is 19.1. The van der Waals surface area contributed by atoms with Crippen molar-refractivity contribution in [2.24, 2.45) is 23.7 Å². The van der Waals surface area contributed by atoms with E-state index in [4.69, 9.17) is 37.0 Å². The second-order valence-corrected chi connectivity index (χ2v) is 30.9. The number of rotatable bonds is 70. The van der Waals surface area contributed by atoms with E-state index in [9.17, 15) is 43.2 Å². The van der Waals surface area contributed by atoms with Gasteiger partial charge in [-0.05, 0) is 49.4 Å². The summed E-state index contributed by atoms with van der Waals surface area (Å²) in [4.78, 5) is 72.6. The van der Waals surface area contributed by atoms with Crippen molar-refractivity contribution in [1.29, 1.82) is 0 Å². The molecular weight excluding hydrogens is 1210 g/mol. The van der Waals surface area contributed by atoms with Crippen LogP contribution in [0.5, 0.6) is 0 Å². The Balaban J connectivity index is 5.21. The zero-order valence-corrected chi connectivity index (χ0v) is 62.0. The van der Waals surface area contributed by atoms with E-state index in [0.29, 0.717) is 31.6 Å². The van der Waals surface area contributed by atoms with Crippen LogP contribution in [0.1, 0.15) is 364 Å². The molecule has 0 aliphatic carbocycles. The molecule has 0 amide bonds. The molecule has 0 spiro atoms. The number of esters is 4. The van der Waals surface area contributed by atoms with Gasteiger partial charge in [0.05, 0.1) is 26.4 Å². The molecule has 0 aromatic rings. The van der Waals surface area contributed by atoms with Gasteiger partial charge in [-0.25, -0.2) is 9.13 Å². The van der Waals surface area contributed by atoms with Crippen molar-refractivity contribution in [3.63, 3.8) is 0 Å². The summed E-state index contributed by atoms with van der Waals surface area (Å²) in [6, 6.07) is 0. The van der Waals surface area contributed by atoms with Gasteiger partial charge in [-0.15, -0.1) is 0 Å². The van der Waals surface area contributed by atoms with Gasteiger partial charge in [-0.1, -0.05) is 312 Å². The summed E-state index contributed by atoms with van der Waals surface area (Å²) in [5.74, 6) is 0.864. The van der Waals surface area contributed by atoms with E-state index in [1.807, 2.05) is 0 Å². The Hall–Kier alpha value is -1.94. The van der Waals surface area contributed by atoms with Crippen LogP contribution in [0.25, 0.3) is 0 Å². The van der Waals surface area contributed by atoms with Gasteiger partial charge in [-0.3, -0.25) is 37.3 Å². The fourth-order valence-electron chi connectivity index (χ4n) is 11.0. The molecule has 17 nitrogen and oxygen atoms in total. The molecule has 3 N–H and O–H groups in total. The number of phosphoric ester groups is 2. The minimum Gasteiger partial charge on any atom is -0.462 e. The van der Waals surface area contributed by atoms with Gasteiger partial charge in [0.15, 0.2) is 12.2 Å². The number of aliphatic hydroxyl groups is 1. The summed E-state index contributed by atoms with van der Waals surface area (Å²) in [5, 5.41) is 10.6. The summed E-state index contributed by atoms with van der Waals surface area (Å²) in [5.41, 5.74) is 0. The van der Waals surface area contributed by atoms with Crippen LogP contribution in [0.4, 0.5) is 0 Å². The average Bonchev–Trinajstić information content (AvgIpc) is 2.37. The van der Waals surface area contributed by atoms with Gasteiger partial charge in [0.1, 0.15) is 19.3 Å². The molecule has 3 unspecified atom stereocenters. The number of aliphatic hydroxyl groups excluding tert-OH is 1. The Morgan fingerprint density at radius 2 is 0.522 bits per heavy atom. The number of unbranched alkanes of at least 4 members (excludes halogenated alkanes) is 35. The molecule has 0 radical (unpaired) electrons. The van der Waals surface area contributed by atoms with Crippen molar-refractivity contribution in [2.75, 3.05) is 39.6 Å². The molecule has 0 fully saturated rings. The van der Waals surface area contributed by atoms with Crippen LogP contribution in [0.2, 0.25) is 0 Å². The van der Waals surface area contributed by atoms with Crippen LogP contribution in [-0.4, -0.2) is 96.7 Å². The van der Waals surface area contributed by atoms with Gasteiger partial charge in [0, 0.05) is 25.7 Å². The van der Waals surface area contributed by atoms with E-state index in [-0.39, 0.29) is 25.7 Å². The minimum atomic E-state index is -4.95. The lowest BCUT2D eigenvalue weighted by Gasteiger charge is -2.21. The van der Waals surface area contributed by atoms with Gasteiger partial charge < -0.3 is 33.8 Å². The van der Waals surface area contributed by atoms with Crippen molar-refractivity contribution >= 4 is 39.5 Å². The Kier molecular flexibility index (Phi) is 61.3. The second kappa shape index (κ2) is 62.6. The molecule has 0 aromatic carbocycles. The van der Waals surface area contributed by atoms with Crippen LogP contribution in [0, 0.1) is 23.7 Å². The number of phosphoric acid groups is 2. The number of ether oxygens (including phenoxy) is 4. The third kappa shape index (κ3) is 65.4. The van der Waals surface area contributed by atoms with E-state index < -0.39 is 97.5 Å². The standard InChI is InChI=1S/C73H142O17P2/c1-9-66(8)52-44-36-30-32-38-46-54-71(76)84-60-69(90-73(78)55-47-39-27-23-19-15-11-10-13-17-21-25-33-41-49-63(2)3)62-88-92(81,82)86-58-67(74)57-85-91(79,80)87-61-68(59-83-70(75)53-45-37-31-29-35-43-51-65(6)7)89-72(77)56-48-40-28-24-20-16-12-14-18-22-26-34-42-50-64(4)5/h63-69,74H,9-62H2,1-8H3,(H,79,80)(H,81,82)/t66?,67-,68-,69-/m1/s1. The Morgan fingerprint density at radius 3 is 0.772 bits per heavy atom. The molecule has 0 saturated carbocycles. The maximum atomic E-state index is 13.0. The normalized spacial score (nSPS) is 14.5. The average molecular weight is 1350 g/mol. The predicted molar refractivity (Wildman–Crippen MR) is 372 cm³/mol. The molecule has 0 aromatic heterocycles. The van der Waals surface area contributed by atoms with Crippen LogP contribution >= 0.6 is 15.6 Å². The Morgan fingerprint density at radius 1 is 0.304 bits per heavy atom. The largest absolute Gasteiger partial charge is 0.472 e. The van der Waals surface area contributed by atoms with Gasteiger partial charge in [0.2, 0.25) is 0 Å². The van der Waals surface area contributed by atoms with Gasteiger partial charge in [0.25, 0.3) is 0 Å². The molecule has 0 bridgehead atoms. The van der Waals surface area contributed by atoms with E-state index >= 15 is 0 Å². The summed E-state index contributed by atoms with van der Waals surface area (Å²) < 4.78 is 68.4. The van der Waals surface area contributed by atoms with E-state index in [1.54, 1.807) is 0 Å². The first-order valence-corrected chi connectivity index (χ1v) is 40.7. The molecule has 0 rings (SSSR count). The lowest BCUT2D eigenvalue weighted by Crippen LogP contribution is -2.30. The Bertz CT molecular complexity index is 1820. The zero-order valence-electron chi connectivity index (χ0n) is 60.2. The highest BCUT2D eigenvalue weighted by Crippen LogP contribution is 2.45. The molecule has 546 valence electrons. The van der Waals surface area contributed by atoms with Crippen molar-refractivity contribution < 1.29 is 80.2 Å². The lowest BCUT2D eigenvalue weighted by molar-refractivity contribution is -0.161. The molecule has 0 aliphatic rings. The highest BCUT2D eigenvalue weighted by Gasteiger charge is 2.30. The fourth-order valence-corrected chi connectivity index (χ4v) is 12.6. The summed E-state index contributed by atoms with van der Waals surface area (Å²) in [7, 11) is -9.91. The fraction of sp³-hybridized carbons (Fsp3) is 0.945. The highest BCUT2D eigenvalue weighted by atomic mass is 31.2. The van der Waals surface area contributed by atoms with E-state index in [0.717, 1.165) is 120 Å². The highest BCUT2D eigenvalue weighted by molar-refractivity contribution is 7.47. The Labute approximate surface area is 562 Å². The predicted octanol–water partition coefficient (Wildman–Crippen LogP) is 20.9. The number of carbonyl (C=O) groups is 4. The maximum Gasteiger partial charge on any atom is 0.472 e. The zero-order chi connectivity index (χ0) is 68.2. The molecule has 0 heterocycles. The van der Waals surface area contributed by atoms with E-state index in [1.165, 1.54) is 154 Å². The third-order valence-electron chi connectivity index (χ3n) is 17.2. The summed E-state index contributed by atoms with van der Waals surface area (Å²) >= 11 is 0. The van der Waals surface area contributed by atoms with Crippen LogP contribution in [0.3, 0.4) is 0 Å². The smallest absolute Gasteiger partial charge is 0.462 e. The van der Waals surface area contributed by atoms with Crippen LogP contribution in [0.15, 0.2) is 0 Å². The van der Waals surface area contributed by atoms with Gasteiger partial charge >= 0.3 is 39.5 Å². The monoisotopic (exact) mass is 1350 g/mol. The first-order chi connectivity index (χ1) is 44.1. The maximum absolute atomic E-state index is 13.0. The quantitative estimate of drug-likeness (QED) is 0.0222. The SMILES string of the molecule is CCC(C)CCCCCCCCC(=O)OC[C@H](COP(=O)(O)OC[C@H](O)COP(=O)(O)OC[C@@H](COC(=O)CCCCCCCCC(C)C)OC(=O)CCCCCCCCCCCCCCCC(C)C)OC(=O)CCCCCCCCCCCCCCCCC(C)C. The topological polar surface area (TPSA) is 237 Å². The minimum absolute atomic E-state index is 0.106. The molecule has 92 heavy (non-hydrogen) atoms. The number of hydrogen-bond donors (Lipinski definition) is 3. The summed E-state index contributed by atoms with van der Waals surface area (Å²) in [6.45, 7) is 14.1. The van der Waals surface area contributed by atoms with Crippen molar-refractivity contribution in [2.45, 2.75) is 382 Å². The van der Waals surface area contributed by atoms with Crippen LogP contribution in [-0.2, 0) is 65.4 Å². The first kappa shape index (κ1) is 90.1. The van der Waals surface area contributed by atoms with Crippen LogP contribution < -0.4 is 0 Å². The van der Waals surface area contributed by atoms with Gasteiger partial charge in [-0.2, -0.15) is 0 Å². The lowest BCUT2D eigenvalue weighted by atomic mass is 10.00. The second-order valence-electron chi connectivity index (χ2n) is 28.0. The van der Waals surface area contributed by atoms with E-state index in [2.05, 4.69) is 55.4 Å². The summed E-state index contributed by atoms with van der Waals surface area (Å²) in [6.07, 6.45) is 46.0. The molecule has 19 heteroatoms. The van der Waals surface area contributed by atoms with Crippen molar-refractivity contribution in [1.82, 2.24) is 0 Å². The number of carbonyl (C=O) groups excluding carboxylic acids is 4. The van der Waals surface area contributed by atoms with Crippen molar-refractivity contribution in [3.8, 4) is 0 Å². The molecule has 0 saturated heterocycles. The number of hydrogen-bond acceptors (Lipinski definition) is 15. The molecule has 0 aliphatic heterocycles. The molecular formula is C73H142O17P2.